The van der Waals surface area contributed by atoms with Crippen LogP contribution in [0.4, 0.5) is 0 Å². The zero-order chi connectivity index (χ0) is 19.2. The second-order valence-electron chi connectivity index (χ2n) is 7.17. The zero-order valence-electron chi connectivity index (χ0n) is 16.4. The number of nitrogens with zero attached hydrogens (tertiary/aromatic N) is 2. The Bertz CT molecular complexity index is 772. The molecule has 1 aromatic carbocycles. The van der Waals surface area contributed by atoms with Gasteiger partial charge in [-0.2, -0.15) is 0 Å². The predicted molar refractivity (Wildman–Crippen MR) is 106 cm³/mol. The molecule has 3 rings (SSSR count). The van der Waals surface area contributed by atoms with E-state index >= 15 is 0 Å². The van der Waals surface area contributed by atoms with Gasteiger partial charge < -0.3 is 19.7 Å². The Hall–Kier alpha value is -2.18. The second-order valence-corrected chi connectivity index (χ2v) is 7.17. The van der Waals surface area contributed by atoms with E-state index in [2.05, 4.69) is 24.1 Å². The Morgan fingerprint density at radius 2 is 2.15 bits per heavy atom. The average molecular weight is 371 g/mol. The highest BCUT2D eigenvalue weighted by atomic mass is 16.5. The summed E-state index contributed by atoms with van der Waals surface area (Å²) < 4.78 is 11.1. The smallest absolute Gasteiger partial charge is 0.273 e. The topological polar surface area (TPSA) is 63.7 Å². The third-order valence-corrected chi connectivity index (χ3v) is 4.87. The standard InChI is InChI=1S/C21H29N3O3/c1-15(2)24(16-9-10-22-14-16)21(25)19-13-20(27-12-6-11-26-3)17-7-4-5-8-18(17)23-19/h4-5,7-8,13,15-16,22H,6,9-12,14H2,1-3H3. The van der Waals surface area contributed by atoms with E-state index in [9.17, 15) is 4.79 Å². The van der Waals surface area contributed by atoms with Crippen LogP contribution < -0.4 is 10.1 Å². The van der Waals surface area contributed by atoms with Crippen molar-refractivity contribution < 1.29 is 14.3 Å². The van der Waals surface area contributed by atoms with Crippen molar-refractivity contribution in [3.05, 3.63) is 36.0 Å². The third-order valence-electron chi connectivity index (χ3n) is 4.87. The number of pyridine rings is 1. The first-order valence-corrected chi connectivity index (χ1v) is 9.66. The fraction of sp³-hybridized carbons (Fsp3) is 0.524. The summed E-state index contributed by atoms with van der Waals surface area (Å²) in [4.78, 5) is 19.9. The minimum Gasteiger partial charge on any atom is -0.493 e. The van der Waals surface area contributed by atoms with Crippen LogP contribution in [0.2, 0.25) is 0 Å². The van der Waals surface area contributed by atoms with Crippen molar-refractivity contribution >= 4 is 16.8 Å². The summed E-state index contributed by atoms with van der Waals surface area (Å²) in [5.41, 5.74) is 1.22. The van der Waals surface area contributed by atoms with E-state index in [0.717, 1.165) is 36.8 Å². The number of fused-ring (bicyclic) bond motifs is 1. The van der Waals surface area contributed by atoms with Crippen molar-refractivity contribution in [1.82, 2.24) is 15.2 Å². The first-order valence-electron chi connectivity index (χ1n) is 9.66. The Morgan fingerprint density at radius 1 is 1.33 bits per heavy atom. The number of nitrogens with one attached hydrogen (secondary N) is 1. The quantitative estimate of drug-likeness (QED) is 0.723. The van der Waals surface area contributed by atoms with Crippen molar-refractivity contribution in [3.63, 3.8) is 0 Å². The minimum absolute atomic E-state index is 0.0359. The lowest BCUT2D eigenvalue weighted by Gasteiger charge is -2.32. The van der Waals surface area contributed by atoms with Crippen LogP contribution in [-0.2, 0) is 4.74 Å². The molecule has 2 heterocycles. The van der Waals surface area contributed by atoms with Crippen molar-refractivity contribution in [1.29, 1.82) is 0 Å². The van der Waals surface area contributed by atoms with Gasteiger partial charge in [0, 0.05) is 50.2 Å². The van der Waals surface area contributed by atoms with Crippen LogP contribution in [-0.4, -0.2) is 61.3 Å². The molecule has 1 atom stereocenters. The van der Waals surface area contributed by atoms with E-state index in [1.807, 2.05) is 29.2 Å². The molecule has 0 spiro atoms. The van der Waals surface area contributed by atoms with E-state index in [1.165, 1.54) is 0 Å². The summed E-state index contributed by atoms with van der Waals surface area (Å²) in [6.45, 7) is 7.07. The number of amides is 1. The summed E-state index contributed by atoms with van der Waals surface area (Å²) in [5.74, 6) is 0.666. The summed E-state index contributed by atoms with van der Waals surface area (Å²) in [5, 5.41) is 4.27. The van der Waals surface area contributed by atoms with Gasteiger partial charge in [-0.3, -0.25) is 4.79 Å². The fourth-order valence-corrected chi connectivity index (χ4v) is 3.59. The van der Waals surface area contributed by atoms with E-state index in [4.69, 9.17) is 9.47 Å². The van der Waals surface area contributed by atoms with Crippen LogP contribution in [0.25, 0.3) is 10.9 Å². The molecule has 1 N–H and O–H groups in total. The molecular weight excluding hydrogens is 342 g/mol. The summed E-state index contributed by atoms with van der Waals surface area (Å²) in [7, 11) is 1.68. The number of para-hydroxylation sites is 1. The van der Waals surface area contributed by atoms with Gasteiger partial charge in [0.1, 0.15) is 11.4 Å². The highest BCUT2D eigenvalue weighted by Gasteiger charge is 2.30. The Morgan fingerprint density at radius 3 is 2.85 bits per heavy atom. The normalized spacial score (nSPS) is 16.8. The monoisotopic (exact) mass is 371 g/mol. The van der Waals surface area contributed by atoms with Gasteiger partial charge in [0.25, 0.3) is 5.91 Å². The SMILES string of the molecule is COCCCOc1cc(C(=O)N(C(C)C)C2CCNC2)nc2ccccc12. The molecule has 1 fully saturated rings. The van der Waals surface area contributed by atoms with Crippen LogP contribution in [0.1, 0.15) is 37.2 Å². The molecule has 146 valence electrons. The Labute approximate surface area is 160 Å². The number of benzene rings is 1. The number of carbonyl (C=O) groups is 1. The number of hydrogen-bond acceptors (Lipinski definition) is 5. The third kappa shape index (κ3) is 4.57. The minimum atomic E-state index is -0.0359. The predicted octanol–water partition coefficient (Wildman–Crippen LogP) is 2.86. The maximum Gasteiger partial charge on any atom is 0.273 e. The van der Waals surface area contributed by atoms with Crippen LogP contribution in [0.3, 0.4) is 0 Å². The number of carbonyl (C=O) groups excluding carboxylic acids is 1. The van der Waals surface area contributed by atoms with Crippen LogP contribution in [0.15, 0.2) is 30.3 Å². The van der Waals surface area contributed by atoms with Gasteiger partial charge >= 0.3 is 0 Å². The fourth-order valence-electron chi connectivity index (χ4n) is 3.59. The molecule has 1 amide bonds. The number of rotatable bonds is 8. The summed E-state index contributed by atoms with van der Waals surface area (Å²) in [6.07, 6.45) is 1.76. The van der Waals surface area contributed by atoms with Crippen molar-refractivity contribution in [2.75, 3.05) is 33.4 Å². The number of methoxy groups -OCH3 is 1. The number of hydrogen-bond donors (Lipinski definition) is 1. The van der Waals surface area contributed by atoms with Crippen LogP contribution in [0.5, 0.6) is 5.75 Å². The largest absolute Gasteiger partial charge is 0.493 e. The average Bonchev–Trinajstić information content (AvgIpc) is 3.18. The van der Waals surface area contributed by atoms with Gasteiger partial charge in [-0.15, -0.1) is 0 Å². The van der Waals surface area contributed by atoms with E-state index < -0.39 is 0 Å². The first kappa shape index (κ1) is 19.6. The molecule has 0 saturated carbocycles. The Balaban J connectivity index is 1.91. The molecule has 6 heteroatoms. The van der Waals surface area contributed by atoms with Crippen molar-refractivity contribution in [3.8, 4) is 5.75 Å². The van der Waals surface area contributed by atoms with Gasteiger partial charge in [-0.25, -0.2) is 4.98 Å². The molecule has 0 radical (unpaired) electrons. The highest BCUT2D eigenvalue weighted by Crippen LogP contribution is 2.27. The van der Waals surface area contributed by atoms with Crippen LogP contribution >= 0.6 is 0 Å². The molecule has 1 aliphatic heterocycles. The van der Waals surface area contributed by atoms with Gasteiger partial charge in [0.2, 0.25) is 0 Å². The summed E-state index contributed by atoms with van der Waals surface area (Å²) in [6, 6.07) is 9.89. The maximum absolute atomic E-state index is 13.3. The van der Waals surface area contributed by atoms with Crippen molar-refractivity contribution in [2.24, 2.45) is 0 Å². The lowest BCUT2D eigenvalue weighted by atomic mass is 10.1. The molecule has 1 aliphatic rings. The van der Waals surface area contributed by atoms with Crippen molar-refractivity contribution in [2.45, 2.75) is 38.8 Å². The molecule has 27 heavy (non-hydrogen) atoms. The van der Waals surface area contributed by atoms with Gasteiger partial charge in [0.15, 0.2) is 0 Å². The van der Waals surface area contributed by atoms with E-state index in [1.54, 1.807) is 13.2 Å². The van der Waals surface area contributed by atoms with Crippen LogP contribution in [0, 0.1) is 0 Å². The maximum atomic E-state index is 13.3. The number of ether oxygens (including phenoxy) is 2. The molecule has 6 nitrogen and oxygen atoms in total. The molecule has 0 bridgehead atoms. The van der Waals surface area contributed by atoms with E-state index in [-0.39, 0.29) is 18.0 Å². The molecule has 0 aliphatic carbocycles. The molecule has 1 saturated heterocycles. The molecular formula is C21H29N3O3. The zero-order valence-corrected chi connectivity index (χ0v) is 16.4. The highest BCUT2D eigenvalue weighted by molar-refractivity contribution is 5.97. The Kier molecular flexibility index (Phi) is 6.63. The molecule has 1 aromatic heterocycles. The lowest BCUT2D eigenvalue weighted by Crippen LogP contribution is -2.46. The first-order chi connectivity index (χ1) is 13.1. The lowest BCUT2D eigenvalue weighted by molar-refractivity contribution is 0.0620. The van der Waals surface area contributed by atoms with E-state index in [0.29, 0.717) is 24.7 Å². The molecule has 1 unspecified atom stereocenters. The number of aromatic nitrogens is 1. The second kappa shape index (κ2) is 9.15. The molecule has 2 aromatic rings. The van der Waals surface area contributed by atoms with Gasteiger partial charge in [-0.1, -0.05) is 12.1 Å². The van der Waals surface area contributed by atoms with Gasteiger partial charge in [-0.05, 0) is 38.9 Å². The summed E-state index contributed by atoms with van der Waals surface area (Å²) >= 11 is 0. The van der Waals surface area contributed by atoms with Gasteiger partial charge in [0.05, 0.1) is 12.1 Å².